The smallest absolute Gasteiger partial charge is 0.323 e. The Balaban J connectivity index is 2.94. The Morgan fingerprint density at radius 2 is 2.28 bits per heavy atom. The Morgan fingerprint density at radius 3 is 2.83 bits per heavy atom. The number of carboxylic acids is 1. The fourth-order valence-corrected chi connectivity index (χ4v) is 1.44. The minimum atomic E-state index is -1.04. The lowest BCUT2D eigenvalue weighted by molar-refractivity contribution is -0.137. The lowest BCUT2D eigenvalue weighted by atomic mass is 10.1. The summed E-state index contributed by atoms with van der Waals surface area (Å²) in [5.41, 5.74) is 0.150. The molecule has 0 radical (unpaired) electrons. The Hall–Kier alpha value is -1.85. The predicted octanol–water partition coefficient (Wildman–Crippen LogP) is 1.09. The van der Waals surface area contributed by atoms with Crippen LogP contribution in [-0.4, -0.2) is 27.2 Å². The van der Waals surface area contributed by atoms with Gasteiger partial charge in [0.15, 0.2) is 5.82 Å². The van der Waals surface area contributed by atoms with Gasteiger partial charge in [-0.25, -0.2) is 4.98 Å². The van der Waals surface area contributed by atoms with E-state index in [1.54, 1.807) is 6.92 Å². The third-order valence-electron chi connectivity index (χ3n) is 2.86. The van der Waals surface area contributed by atoms with E-state index >= 15 is 0 Å². The number of carboxylic acid groups (broad SMARTS) is 1. The molecule has 1 atom stereocenters. The van der Waals surface area contributed by atoms with E-state index in [0.29, 0.717) is 18.2 Å². The Morgan fingerprint density at radius 1 is 1.61 bits per heavy atom. The van der Waals surface area contributed by atoms with Crippen molar-refractivity contribution in [1.29, 1.82) is 0 Å². The van der Waals surface area contributed by atoms with Crippen LogP contribution in [0, 0.1) is 12.8 Å². The molecule has 1 aromatic rings. The fourth-order valence-electron chi connectivity index (χ4n) is 1.44. The van der Waals surface area contributed by atoms with E-state index in [4.69, 9.17) is 5.11 Å². The number of hydrogen-bond acceptors (Lipinski definition) is 4. The Kier molecular flexibility index (Phi) is 4.88. The standard InChI is InChI=1S/C12H19N3O3/c1-4-8(2)5-13-11-12(18)15(7-10(16)17)9(3)6-14-11/h6,8H,4-5,7H2,1-3H3,(H,13,14)(H,16,17). The molecule has 6 heteroatoms. The van der Waals surface area contributed by atoms with Crippen LogP contribution in [0.3, 0.4) is 0 Å². The molecule has 6 nitrogen and oxygen atoms in total. The lowest BCUT2D eigenvalue weighted by Crippen LogP contribution is -2.30. The summed E-state index contributed by atoms with van der Waals surface area (Å²) < 4.78 is 1.20. The number of nitrogens with zero attached hydrogens (tertiary/aromatic N) is 2. The van der Waals surface area contributed by atoms with Gasteiger partial charge in [0, 0.05) is 18.4 Å². The van der Waals surface area contributed by atoms with E-state index in [1.165, 1.54) is 10.8 Å². The van der Waals surface area contributed by atoms with Gasteiger partial charge < -0.3 is 10.4 Å². The molecule has 0 saturated carbocycles. The molecule has 1 aromatic heterocycles. The Bertz CT molecular complexity index is 482. The molecule has 2 N–H and O–H groups in total. The zero-order valence-corrected chi connectivity index (χ0v) is 10.9. The average molecular weight is 253 g/mol. The third-order valence-corrected chi connectivity index (χ3v) is 2.86. The zero-order valence-electron chi connectivity index (χ0n) is 10.9. The van der Waals surface area contributed by atoms with Gasteiger partial charge in [0.25, 0.3) is 5.56 Å². The van der Waals surface area contributed by atoms with Crippen molar-refractivity contribution in [3.8, 4) is 0 Å². The van der Waals surface area contributed by atoms with E-state index in [0.717, 1.165) is 6.42 Å². The highest BCUT2D eigenvalue weighted by Gasteiger charge is 2.10. The van der Waals surface area contributed by atoms with Gasteiger partial charge in [0.2, 0.25) is 0 Å². The first-order valence-electron chi connectivity index (χ1n) is 5.97. The minimum absolute atomic E-state index is 0.210. The first-order valence-corrected chi connectivity index (χ1v) is 5.97. The number of carbonyl (C=O) groups is 1. The molecule has 0 bridgehead atoms. The Labute approximate surface area is 106 Å². The summed E-state index contributed by atoms with van der Waals surface area (Å²) in [6.45, 7) is 6.10. The van der Waals surface area contributed by atoms with Crippen LogP contribution >= 0.6 is 0 Å². The first kappa shape index (κ1) is 14.2. The quantitative estimate of drug-likeness (QED) is 0.793. The number of aromatic nitrogens is 2. The first-order chi connectivity index (χ1) is 8.45. The van der Waals surface area contributed by atoms with Crippen molar-refractivity contribution in [3.05, 3.63) is 22.2 Å². The number of anilines is 1. The topological polar surface area (TPSA) is 84.2 Å². The SMILES string of the molecule is CCC(C)CNc1ncc(C)n(CC(=O)O)c1=O. The van der Waals surface area contributed by atoms with E-state index in [-0.39, 0.29) is 17.9 Å². The molecular formula is C12H19N3O3. The predicted molar refractivity (Wildman–Crippen MR) is 68.8 cm³/mol. The van der Waals surface area contributed by atoms with Crippen molar-refractivity contribution in [3.63, 3.8) is 0 Å². The molecule has 1 rings (SSSR count). The van der Waals surface area contributed by atoms with Crippen molar-refractivity contribution in [2.75, 3.05) is 11.9 Å². The van der Waals surface area contributed by atoms with Crippen LogP contribution in [0.1, 0.15) is 26.0 Å². The molecule has 0 aliphatic rings. The second-order valence-corrected chi connectivity index (χ2v) is 4.43. The zero-order chi connectivity index (χ0) is 13.7. The summed E-state index contributed by atoms with van der Waals surface area (Å²) in [4.78, 5) is 26.7. The number of aryl methyl sites for hydroxylation is 1. The van der Waals surface area contributed by atoms with E-state index in [1.807, 2.05) is 0 Å². The summed E-state index contributed by atoms with van der Waals surface area (Å²) in [5, 5.41) is 11.7. The van der Waals surface area contributed by atoms with Crippen LogP contribution in [0.4, 0.5) is 5.82 Å². The molecule has 1 heterocycles. The second kappa shape index (κ2) is 6.18. The van der Waals surface area contributed by atoms with E-state index < -0.39 is 5.97 Å². The summed E-state index contributed by atoms with van der Waals surface area (Å²) >= 11 is 0. The van der Waals surface area contributed by atoms with Gasteiger partial charge >= 0.3 is 5.97 Å². The molecule has 0 aromatic carbocycles. The monoisotopic (exact) mass is 253 g/mol. The molecule has 18 heavy (non-hydrogen) atoms. The molecular weight excluding hydrogens is 234 g/mol. The van der Waals surface area contributed by atoms with Crippen LogP contribution in [0.15, 0.2) is 11.0 Å². The van der Waals surface area contributed by atoms with Gasteiger partial charge in [-0.2, -0.15) is 0 Å². The molecule has 0 aliphatic heterocycles. The highest BCUT2D eigenvalue weighted by molar-refractivity contribution is 5.66. The van der Waals surface area contributed by atoms with Crippen LogP contribution < -0.4 is 10.9 Å². The van der Waals surface area contributed by atoms with E-state index in [9.17, 15) is 9.59 Å². The molecule has 100 valence electrons. The highest BCUT2D eigenvalue weighted by Crippen LogP contribution is 2.03. The van der Waals surface area contributed by atoms with Gasteiger partial charge in [-0.05, 0) is 12.8 Å². The van der Waals surface area contributed by atoms with Crippen molar-refractivity contribution >= 4 is 11.8 Å². The maximum Gasteiger partial charge on any atom is 0.323 e. The van der Waals surface area contributed by atoms with Crippen LogP contribution in [0.2, 0.25) is 0 Å². The number of rotatable bonds is 6. The molecule has 0 aliphatic carbocycles. The maximum absolute atomic E-state index is 12.0. The third kappa shape index (κ3) is 3.58. The van der Waals surface area contributed by atoms with Gasteiger partial charge in [-0.3, -0.25) is 14.2 Å². The fraction of sp³-hybridized carbons (Fsp3) is 0.583. The van der Waals surface area contributed by atoms with Gasteiger partial charge in [-0.15, -0.1) is 0 Å². The highest BCUT2D eigenvalue weighted by atomic mass is 16.4. The second-order valence-electron chi connectivity index (χ2n) is 4.43. The van der Waals surface area contributed by atoms with Crippen LogP contribution in [0.5, 0.6) is 0 Å². The molecule has 1 unspecified atom stereocenters. The molecule has 0 amide bonds. The molecule has 0 saturated heterocycles. The van der Waals surface area contributed by atoms with E-state index in [2.05, 4.69) is 24.1 Å². The summed E-state index contributed by atoms with van der Waals surface area (Å²) in [7, 11) is 0. The van der Waals surface area contributed by atoms with Crippen molar-refractivity contribution in [2.45, 2.75) is 33.7 Å². The number of aliphatic carboxylic acids is 1. The largest absolute Gasteiger partial charge is 0.480 e. The average Bonchev–Trinajstić information content (AvgIpc) is 2.32. The van der Waals surface area contributed by atoms with Gasteiger partial charge in [0.05, 0.1) is 0 Å². The van der Waals surface area contributed by atoms with Crippen molar-refractivity contribution in [2.24, 2.45) is 5.92 Å². The number of nitrogens with one attached hydrogen (secondary N) is 1. The van der Waals surface area contributed by atoms with Crippen LogP contribution in [-0.2, 0) is 11.3 Å². The minimum Gasteiger partial charge on any atom is -0.480 e. The van der Waals surface area contributed by atoms with Crippen molar-refractivity contribution in [1.82, 2.24) is 9.55 Å². The van der Waals surface area contributed by atoms with Crippen molar-refractivity contribution < 1.29 is 9.90 Å². The lowest BCUT2D eigenvalue weighted by Gasteiger charge is -2.12. The van der Waals surface area contributed by atoms with Gasteiger partial charge in [-0.1, -0.05) is 20.3 Å². The number of hydrogen-bond donors (Lipinski definition) is 2. The maximum atomic E-state index is 12.0. The summed E-state index contributed by atoms with van der Waals surface area (Å²) in [6, 6.07) is 0. The summed E-state index contributed by atoms with van der Waals surface area (Å²) in [5.74, 6) is -0.401. The van der Waals surface area contributed by atoms with Crippen LogP contribution in [0.25, 0.3) is 0 Å². The molecule has 0 fully saturated rings. The normalized spacial score (nSPS) is 12.2. The molecule has 0 spiro atoms. The summed E-state index contributed by atoms with van der Waals surface area (Å²) in [6.07, 6.45) is 2.51. The van der Waals surface area contributed by atoms with Gasteiger partial charge in [0.1, 0.15) is 6.54 Å².